The van der Waals surface area contributed by atoms with Gasteiger partial charge in [-0.1, -0.05) is 48.0 Å². The SMILES string of the molecule is C/C(=N\NC(=O)CN(c1ccc(C)c(Cl)c1)S(=O)(=O)c1ccccc1)c1ccc(I)cc1. The van der Waals surface area contributed by atoms with E-state index in [1.54, 1.807) is 37.3 Å². The minimum absolute atomic E-state index is 0.0723. The van der Waals surface area contributed by atoms with Gasteiger partial charge in [0, 0.05) is 8.59 Å². The second-order valence-electron chi connectivity index (χ2n) is 7.00. The van der Waals surface area contributed by atoms with Gasteiger partial charge in [-0.3, -0.25) is 9.10 Å². The van der Waals surface area contributed by atoms with Crippen molar-refractivity contribution in [1.82, 2.24) is 5.43 Å². The molecule has 32 heavy (non-hydrogen) atoms. The monoisotopic (exact) mass is 581 g/mol. The van der Waals surface area contributed by atoms with Crippen LogP contribution in [0.2, 0.25) is 5.02 Å². The van der Waals surface area contributed by atoms with E-state index in [0.717, 1.165) is 19.0 Å². The summed E-state index contributed by atoms with van der Waals surface area (Å²) in [5, 5.41) is 4.53. The van der Waals surface area contributed by atoms with E-state index in [4.69, 9.17) is 11.6 Å². The van der Waals surface area contributed by atoms with Crippen LogP contribution in [0.4, 0.5) is 5.69 Å². The summed E-state index contributed by atoms with van der Waals surface area (Å²) in [5.74, 6) is -0.578. The third-order valence-corrected chi connectivity index (χ3v) is 7.59. The Morgan fingerprint density at radius 2 is 1.72 bits per heavy atom. The Balaban J connectivity index is 1.88. The van der Waals surface area contributed by atoms with Crippen LogP contribution in [0.25, 0.3) is 0 Å². The quantitative estimate of drug-likeness (QED) is 0.243. The number of sulfonamides is 1. The number of hydrogen-bond donors (Lipinski definition) is 1. The lowest BCUT2D eigenvalue weighted by atomic mass is 10.1. The third-order valence-electron chi connectivity index (χ3n) is 4.67. The first-order chi connectivity index (χ1) is 15.2. The van der Waals surface area contributed by atoms with Gasteiger partial charge in [0.2, 0.25) is 0 Å². The van der Waals surface area contributed by atoms with Crippen LogP contribution in [0.1, 0.15) is 18.1 Å². The van der Waals surface area contributed by atoms with Crippen LogP contribution in [-0.4, -0.2) is 26.6 Å². The summed E-state index contributed by atoms with van der Waals surface area (Å²) < 4.78 is 28.8. The lowest BCUT2D eigenvalue weighted by Gasteiger charge is -2.24. The van der Waals surface area contributed by atoms with E-state index in [1.807, 2.05) is 31.2 Å². The molecular weight excluding hydrogens is 561 g/mol. The number of aryl methyl sites for hydroxylation is 1. The first kappa shape index (κ1) is 24.2. The Kier molecular flexibility index (Phi) is 7.91. The summed E-state index contributed by atoms with van der Waals surface area (Å²) in [5.41, 5.74) is 5.00. The lowest BCUT2D eigenvalue weighted by Crippen LogP contribution is -2.39. The predicted molar refractivity (Wildman–Crippen MR) is 137 cm³/mol. The average Bonchev–Trinajstić information content (AvgIpc) is 2.78. The molecule has 0 heterocycles. The summed E-state index contributed by atoms with van der Waals surface area (Å²) in [7, 11) is -4.01. The maximum Gasteiger partial charge on any atom is 0.264 e. The van der Waals surface area contributed by atoms with E-state index in [9.17, 15) is 13.2 Å². The summed E-state index contributed by atoms with van der Waals surface area (Å²) in [6.45, 7) is 3.12. The third kappa shape index (κ3) is 5.87. The Morgan fingerprint density at radius 1 is 1.06 bits per heavy atom. The van der Waals surface area contributed by atoms with E-state index in [2.05, 4.69) is 33.1 Å². The zero-order valence-electron chi connectivity index (χ0n) is 17.4. The fourth-order valence-corrected chi connectivity index (χ4v) is 4.81. The van der Waals surface area contributed by atoms with Crippen molar-refractivity contribution in [1.29, 1.82) is 0 Å². The van der Waals surface area contributed by atoms with E-state index in [0.29, 0.717) is 10.7 Å². The number of carbonyl (C=O) groups is 1. The minimum Gasteiger partial charge on any atom is -0.271 e. The molecule has 6 nitrogen and oxygen atoms in total. The molecule has 0 fully saturated rings. The normalized spacial score (nSPS) is 11.8. The van der Waals surface area contributed by atoms with Crippen molar-refractivity contribution in [3.8, 4) is 0 Å². The maximum absolute atomic E-state index is 13.3. The van der Waals surface area contributed by atoms with Gasteiger partial charge >= 0.3 is 0 Å². The van der Waals surface area contributed by atoms with Gasteiger partial charge in [-0.15, -0.1) is 0 Å². The number of nitrogens with zero attached hydrogens (tertiary/aromatic N) is 2. The molecular formula is C23H21ClIN3O3S. The number of nitrogens with one attached hydrogen (secondary N) is 1. The molecule has 3 aromatic carbocycles. The highest BCUT2D eigenvalue weighted by Crippen LogP contribution is 2.27. The maximum atomic E-state index is 13.3. The van der Waals surface area contributed by atoms with Gasteiger partial charge in [0.15, 0.2) is 0 Å². The van der Waals surface area contributed by atoms with E-state index in [-0.39, 0.29) is 10.6 Å². The van der Waals surface area contributed by atoms with E-state index < -0.39 is 22.5 Å². The number of rotatable bonds is 7. The number of amides is 1. The van der Waals surface area contributed by atoms with E-state index >= 15 is 0 Å². The number of anilines is 1. The molecule has 0 aliphatic heterocycles. The summed E-state index contributed by atoms with van der Waals surface area (Å²) in [6.07, 6.45) is 0. The van der Waals surface area contributed by atoms with Gasteiger partial charge in [-0.25, -0.2) is 13.8 Å². The number of hydrogen-bond acceptors (Lipinski definition) is 4. The fraction of sp³-hybridized carbons (Fsp3) is 0.130. The van der Waals surface area contributed by atoms with Crippen LogP contribution in [-0.2, 0) is 14.8 Å². The first-order valence-corrected chi connectivity index (χ1v) is 12.5. The van der Waals surface area contributed by atoms with Gasteiger partial charge in [-0.05, 0) is 84.0 Å². The second kappa shape index (κ2) is 10.5. The van der Waals surface area contributed by atoms with Crippen molar-refractivity contribution in [2.45, 2.75) is 18.7 Å². The van der Waals surface area contributed by atoms with Crippen LogP contribution >= 0.6 is 34.2 Å². The molecule has 9 heteroatoms. The Labute approximate surface area is 206 Å². The molecule has 3 rings (SSSR count). The van der Waals surface area contributed by atoms with Gasteiger partial charge in [0.25, 0.3) is 15.9 Å². The molecule has 1 amide bonds. The van der Waals surface area contributed by atoms with E-state index in [1.165, 1.54) is 18.2 Å². The van der Waals surface area contributed by atoms with Crippen LogP contribution in [0, 0.1) is 10.5 Å². The van der Waals surface area contributed by atoms with Crippen molar-refractivity contribution in [2.75, 3.05) is 10.8 Å². The summed E-state index contributed by atoms with van der Waals surface area (Å²) in [6, 6.07) is 20.5. The van der Waals surface area contributed by atoms with Gasteiger partial charge in [0.05, 0.1) is 16.3 Å². The standard InChI is InChI=1S/C23H21ClIN3O3S/c1-16-8-13-20(14-22(16)24)28(32(30,31)21-6-4-3-5-7-21)15-23(29)27-26-17(2)18-9-11-19(25)12-10-18/h3-14H,15H2,1-2H3,(H,27,29)/b26-17+. The molecule has 0 radical (unpaired) electrons. The zero-order chi connectivity index (χ0) is 23.3. The van der Waals surface area contributed by atoms with Crippen molar-refractivity contribution < 1.29 is 13.2 Å². The molecule has 0 spiro atoms. The molecule has 0 bridgehead atoms. The summed E-state index contributed by atoms with van der Waals surface area (Å²) in [4.78, 5) is 12.8. The topological polar surface area (TPSA) is 78.8 Å². The fourth-order valence-electron chi connectivity index (χ4n) is 2.84. The van der Waals surface area contributed by atoms with Crippen molar-refractivity contribution >= 4 is 61.5 Å². The number of benzene rings is 3. The minimum atomic E-state index is -4.01. The highest BCUT2D eigenvalue weighted by Gasteiger charge is 2.27. The second-order valence-corrected chi connectivity index (χ2v) is 10.5. The average molecular weight is 582 g/mol. The number of halogens is 2. The molecule has 1 N–H and O–H groups in total. The molecule has 3 aromatic rings. The predicted octanol–water partition coefficient (Wildman–Crippen LogP) is 4.99. The smallest absolute Gasteiger partial charge is 0.264 e. The highest BCUT2D eigenvalue weighted by atomic mass is 127. The van der Waals surface area contributed by atoms with Gasteiger partial charge in [0.1, 0.15) is 6.54 Å². The van der Waals surface area contributed by atoms with Crippen LogP contribution in [0.3, 0.4) is 0 Å². The molecule has 0 aliphatic carbocycles. The van der Waals surface area contributed by atoms with Gasteiger partial charge < -0.3 is 0 Å². The van der Waals surface area contributed by atoms with Gasteiger partial charge in [-0.2, -0.15) is 5.10 Å². The lowest BCUT2D eigenvalue weighted by molar-refractivity contribution is -0.119. The van der Waals surface area contributed by atoms with Crippen LogP contribution in [0.5, 0.6) is 0 Å². The molecule has 0 aromatic heterocycles. The van der Waals surface area contributed by atoms with Crippen molar-refractivity contribution in [2.24, 2.45) is 5.10 Å². The molecule has 0 saturated carbocycles. The number of hydrazone groups is 1. The Bertz CT molecular complexity index is 1250. The Hall–Kier alpha value is -2.43. The number of carbonyl (C=O) groups excluding carboxylic acids is 1. The highest BCUT2D eigenvalue weighted by molar-refractivity contribution is 14.1. The van der Waals surface area contributed by atoms with Crippen molar-refractivity contribution in [3.05, 3.63) is 92.5 Å². The molecule has 0 saturated heterocycles. The molecule has 0 aliphatic rings. The molecule has 166 valence electrons. The zero-order valence-corrected chi connectivity index (χ0v) is 21.1. The van der Waals surface area contributed by atoms with Crippen LogP contribution in [0.15, 0.2) is 82.8 Å². The van der Waals surface area contributed by atoms with Crippen LogP contribution < -0.4 is 9.73 Å². The Morgan fingerprint density at radius 3 is 2.34 bits per heavy atom. The van der Waals surface area contributed by atoms with Crippen molar-refractivity contribution in [3.63, 3.8) is 0 Å². The molecule has 0 unspecified atom stereocenters. The first-order valence-electron chi connectivity index (χ1n) is 9.61. The molecule has 0 atom stereocenters. The largest absolute Gasteiger partial charge is 0.271 e. The summed E-state index contributed by atoms with van der Waals surface area (Å²) >= 11 is 8.43.